The number of fused-ring (bicyclic) bond motifs is 3. The van der Waals surface area contributed by atoms with Crippen molar-refractivity contribution in [3.63, 3.8) is 0 Å². The lowest BCUT2D eigenvalue weighted by Crippen LogP contribution is -2.68. The first-order chi connectivity index (χ1) is 20.9. The number of hydrogen-bond donors (Lipinski definition) is 1. The van der Waals surface area contributed by atoms with Crippen LogP contribution in [0.1, 0.15) is 36.8 Å². The molecule has 6 aliphatic rings. The standard InChI is InChI=1S/C32H32FN7O3/c1-42-30-27(33)4-20(8-36-30)11-39-23-5-24(39)13-38(12-23)28-3-2-21(9-35-28)26-6-25(14-40-29(26)22(7-34)10-37-40)43-19-32-15-31(16-32,17-32)18-41/h2-4,6,8-10,14,23-24,41H,5,11-13,15-19H2,1H3. The van der Waals surface area contributed by atoms with Crippen molar-refractivity contribution < 1.29 is 19.0 Å². The Morgan fingerprint density at radius 3 is 2.58 bits per heavy atom. The summed E-state index contributed by atoms with van der Waals surface area (Å²) in [5.74, 6) is 1.19. The van der Waals surface area contributed by atoms with E-state index in [-0.39, 0.29) is 23.3 Å². The molecule has 4 aromatic rings. The van der Waals surface area contributed by atoms with Crippen LogP contribution >= 0.6 is 0 Å². The third kappa shape index (κ3) is 4.23. The second kappa shape index (κ2) is 9.62. The van der Waals surface area contributed by atoms with E-state index in [0.29, 0.717) is 36.5 Å². The molecule has 7 heterocycles. The molecule has 0 amide bonds. The fraction of sp³-hybridized carbons (Fsp3) is 0.438. The zero-order chi connectivity index (χ0) is 29.3. The Bertz CT molecular complexity index is 1740. The third-order valence-corrected chi connectivity index (χ3v) is 9.99. The summed E-state index contributed by atoms with van der Waals surface area (Å²) in [6.07, 6.45) is 11.1. The molecule has 1 N–H and O–H groups in total. The number of rotatable bonds is 9. The van der Waals surface area contributed by atoms with Crippen LogP contribution in [0.4, 0.5) is 10.2 Å². The van der Waals surface area contributed by atoms with Crippen LogP contribution in [0.25, 0.3) is 16.6 Å². The van der Waals surface area contributed by atoms with Crippen molar-refractivity contribution in [3.05, 3.63) is 66.0 Å². The van der Waals surface area contributed by atoms with Gasteiger partial charge in [-0.3, -0.25) is 4.90 Å². The molecule has 10 rings (SSSR count). The molecule has 3 aliphatic heterocycles. The van der Waals surface area contributed by atoms with E-state index in [4.69, 9.17) is 14.5 Å². The predicted octanol–water partition coefficient (Wildman–Crippen LogP) is 3.82. The average Bonchev–Trinajstić information content (AvgIpc) is 3.42. The summed E-state index contributed by atoms with van der Waals surface area (Å²) in [5.41, 5.74) is 4.12. The topological polar surface area (TPSA) is 112 Å². The van der Waals surface area contributed by atoms with Crippen LogP contribution in [-0.2, 0) is 6.54 Å². The summed E-state index contributed by atoms with van der Waals surface area (Å²) < 4.78 is 27.1. The number of halogens is 1. The Morgan fingerprint density at radius 2 is 1.91 bits per heavy atom. The number of hydrogen-bond acceptors (Lipinski definition) is 9. The van der Waals surface area contributed by atoms with E-state index < -0.39 is 5.82 Å². The normalized spacial score (nSPS) is 27.2. The van der Waals surface area contributed by atoms with Crippen molar-refractivity contribution in [1.29, 1.82) is 5.26 Å². The van der Waals surface area contributed by atoms with Gasteiger partial charge in [-0.05, 0) is 60.9 Å². The highest BCUT2D eigenvalue weighted by Crippen LogP contribution is 2.72. The van der Waals surface area contributed by atoms with Gasteiger partial charge in [-0.1, -0.05) is 0 Å². The van der Waals surface area contributed by atoms with Gasteiger partial charge in [-0.15, -0.1) is 0 Å². The van der Waals surface area contributed by atoms with Crippen LogP contribution in [0.2, 0.25) is 0 Å². The van der Waals surface area contributed by atoms with Crippen LogP contribution in [0, 0.1) is 28.0 Å². The monoisotopic (exact) mass is 581 g/mol. The Kier molecular flexibility index (Phi) is 5.90. The largest absolute Gasteiger partial charge is 0.491 e. The van der Waals surface area contributed by atoms with Crippen molar-refractivity contribution in [3.8, 4) is 28.8 Å². The highest BCUT2D eigenvalue weighted by molar-refractivity contribution is 5.85. The molecule has 0 aromatic carbocycles. The van der Waals surface area contributed by atoms with Crippen molar-refractivity contribution in [2.24, 2.45) is 10.8 Å². The van der Waals surface area contributed by atoms with Crippen molar-refractivity contribution >= 4 is 11.3 Å². The van der Waals surface area contributed by atoms with Gasteiger partial charge in [0.2, 0.25) is 5.88 Å². The average molecular weight is 582 g/mol. The van der Waals surface area contributed by atoms with E-state index in [1.807, 2.05) is 30.6 Å². The van der Waals surface area contributed by atoms with Crippen molar-refractivity contribution in [1.82, 2.24) is 24.5 Å². The number of anilines is 1. The van der Waals surface area contributed by atoms with E-state index in [1.165, 1.54) is 13.2 Å². The summed E-state index contributed by atoms with van der Waals surface area (Å²) >= 11 is 0. The van der Waals surface area contributed by atoms with Gasteiger partial charge in [-0.2, -0.15) is 10.4 Å². The first-order valence-electron chi connectivity index (χ1n) is 14.7. The maximum absolute atomic E-state index is 14.2. The summed E-state index contributed by atoms with van der Waals surface area (Å²) in [4.78, 5) is 13.6. The lowest BCUT2D eigenvalue weighted by Gasteiger charge is -2.69. The number of nitrogens with zero attached hydrogens (tertiary/aromatic N) is 7. The van der Waals surface area contributed by atoms with Gasteiger partial charge in [0, 0.05) is 67.3 Å². The maximum atomic E-state index is 14.2. The Morgan fingerprint density at radius 1 is 1.09 bits per heavy atom. The molecule has 6 fully saturated rings. The van der Waals surface area contributed by atoms with Gasteiger partial charge < -0.3 is 19.5 Å². The number of pyridine rings is 3. The molecule has 43 heavy (non-hydrogen) atoms. The minimum Gasteiger partial charge on any atom is -0.491 e. The van der Waals surface area contributed by atoms with E-state index in [2.05, 4.69) is 26.0 Å². The SMILES string of the molecule is COc1ncc(CN2C3CC2CN(c2ccc(-c4cc(OCC56CC(CO)(C5)C6)cn5ncc(C#N)c45)cn2)C3)cc1F. The lowest BCUT2D eigenvalue weighted by molar-refractivity contribution is -0.235. The second-order valence-corrected chi connectivity index (χ2v) is 12.9. The number of piperazine rings is 1. The molecule has 3 saturated heterocycles. The number of piperidine rings is 1. The highest BCUT2D eigenvalue weighted by Gasteiger charge is 2.67. The molecule has 3 aliphatic carbocycles. The van der Waals surface area contributed by atoms with Gasteiger partial charge in [0.25, 0.3) is 0 Å². The van der Waals surface area contributed by atoms with Crippen LogP contribution in [0.5, 0.6) is 11.6 Å². The molecule has 2 unspecified atom stereocenters. The molecule has 2 atom stereocenters. The molecular weight excluding hydrogens is 549 g/mol. The molecule has 10 nitrogen and oxygen atoms in total. The minimum absolute atomic E-state index is 0.0202. The summed E-state index contributed by atoms with van der Waals surface area (Å²) in [7, 11) is 1.42. The van der Waals surface area contributed by atoms with Gasteiger partial charge in [-0.25, -0.2) is 18.9 Å². The molecular formula is C32H32FN7O3. The smallest absolute Gasteiger partial charge is 0.250 e. The number of aromatic nitrogens is 4. The number of methoxy groups -OCH3 is 1. The molecule has 220 valence electrons. The number of nitriles is 1. The molecule has 11 heteroatoms. The third-order valence-electron chi connectivity index (χ3n) is 9.99. The van der Waals surface area contributed by atoms with Gasteiger partial charge in [0.1, 0.15) is 17.6 Å². The fourth-order valence-electron chi connectivity index (χ4n) is 8.04. The summed E-state index contributed by atoms with van der Waals surface area (Å²) in [5, 5.41) is 23.8. The van der Waals surface area contributed by atoms with Crippen molar-refractivity contribution in [2.45, 2.75) is 44.3 Å². The molecule has 0 spiro atoms. The van der Waals surface area contributed by atoms with E-state index >= 15 is 0 Å². The number of aliphatic hydroxyl groups excluding tert-OH is 1. The number of ether oxygens (including phenoxy) is 2. The zero-order valence-corrected chi connectivity index (χ0v) is 23.9. The van der Waals surface area contributed by atoms with Crippen LogP contribution in [-0.4, -0.2) is 75.1 Å². The molecule has 3 saturated carbocycles. The van der Waals surface area contributed by atoms with Crippen LogP contribution < -0.4 is 14.4 Å². The van der Waals surface area contributed by atoms with Crippen molar-refractivity contribution in [2.75, 3.05) is 38.3 Å². The fourth-order valence-corrected chi connectivity index (χ4v) is 8.04. The lowest BCUT2D eigenvalue weighted by atomic mass is 9.36. The quantitative estimate of drug-likeness (QED) is 0.315. The summed E-state index contributed by atoms with van der Waals surface area (Å²) in [6, 6.07) is 10.6. The predicted molar refractivity (Wildman–Crippen MR) is 155 cm³/mol. The zero-order valence-electron chi connectivity index (χ0n) is 23.9. The molecule has 4 bridgehead atoms. The number of aliphatic hydroxyl groups is 1. The first kappa shape index (κ1) is 26.4. The molecule has 0 radical (unpaired) electrons. The van der Waals surface area contributed by atoms with Crippen LogP contribution in [0.15, 0.2) is 49.1 Å². The Balaban J connectivity index is 0.980. The van der Waals surface area contributed by atoms with E-state index in [0.717, 1.165) is 66.8 Å². The maximum Gasteiger partial charge on any atom is 0.250 e. The first-order valence-corrected chi connectivity index (χ1v) is 14.7. The van der Waals surface area contributed by atoms with Crippen LogP contribution in [0.3, 0.4) is 0 Å². The van der Waals surface area contributed by atoms with Gasteiger partial charge in [0.05, 0.1) is 37.2 Å². The molecule has 4 aromatic heterocycles. The highest BCUT2D eigenvalue weighted by atomic mass is 19.1. The van der Waals surface area contributed by atoms with E-state index in [9.17, 15) is 14.8 Å². The summed E-state index contributed by atoms with van der Waals surface area (Å²) in [6.45, 7) is 3.24. The van der Waals surface area contributed by atoms with Gasteiger partial charge in [0.15, 0.2) is 5.82 Å². The van der Waals surface area contributed by atoms with E-state index in [1.54, 1.807) is 16.9 Å². The van der Waals surface area contributed by atoms with Gasteiger partial charge >= 0.3 is 0 Å². The minimum atomic E-state index is -0.436. The Labute approximate surface area is 248 Å². The Hall–Kier alpha value is -4.27. The second-order valence-electron chi connectivity index (χ2n) is 12.9.